The Morgan fingerprint density at radius 1 is 1.27 bits per heavy atom. The van der Waals surface area contributed by atoms with Gasteiger partial charge in [0.15, 0.2) is 6.10 Å². The van der Waals surface area contributed by atoms with Crippen LogP contribution in [-0.2, 0) is 9.53 Å². The van der Waals surface area contributed by atoms with Crippen LogP contribution in [0.3, 0.4) is 0 Å². The van der Waals surface area contributed by atoms with E-state index >= 15 is 0 Å². The van der Waals surface area contributed by atoms with Crippen LogP contribution in [0.15, 0.2) is 30.3 Å². The lowest BCUT2D eigenvalue weighted by atomic mass is 10.1. The standard InChI is InChI=1S/C12H13O3/c1-3-11(13)15-9(2)12(14)10-7-5-4-6-8-10/h3-9H,1-2H3. The van der Waals surface area contributed by atoms with Gasteiger partial charge in [-0.05, 0) is 6.92 Å². The maximum atomic E-state index is 11.7. The first kappa shape index (κ1) is 11.4. The minimum absolute atomic E-state index is 0.189. The minimum atomic E-state index is -0.740. The van der Waals surface area contributed by atoms with E-state index in [1.165, 1.54) is 6.42 Å². The third-order valence-electron chi connectivity index (χ3n) is 1.96. The summed E-state index contributed by atoms with van der Waals surface area (Å²) in [6.45, 7) is 3.14. The molecule has 0 aliphatic heterocycles. The van der Waals surface area contributed by atoms with E-state index in [0.29, 0.717) is 5.56 Å². The van der Waals surface area contributed by atoms with Crippen molar-refractivity contribution in [2.75, 3.05) is 0 Å². The third-order valence-corrected chi connectivity index (χ3v) is 1.96. The lowest BCUT2D eigenvalue weighted by Gasteiger charge is -2.11. The van der Waals surface area contributed by atoms with Gasteiger partial charge in [-0.1, -0.05) is 37.3 Å². The van der Waals surface area contributed by atoms with Crippen LogP contribution in [0.1, 0.15) is 24.2 Å². The van der Waals surface area contributed by atoms with Crippen molar-refractivity contribution in [1.82, 2.24) is 0 Å². The molecule has 1 aromatic carbocycles. The van der Waals surface area contributed by atoms with Gasteiger partial charge in [-0.25, -0.2) is 0 Å². The fraction of sp³-hybridized carbons (Fsp3) is 0.250. The van der Waals surface area contributed by atoms with Crippen LogP contribution in [0.5, 0.6) is 0 Å². The summed E-state index contributed by atoms with van der Waals surface area (Å²) in [7, 11) is 0. The average molecular weight is 205 g/mol. The monoisotopic (exact) mass is 205 g/mol. The molecule has 0 N–H and O–H groups in total. The van der Waals surface area contributed by atoms with Crippen molar-refractivity contribution in [2.24, 2.45) is 0 Å². The molecule has 3 nitrogen and oxygen atoms in total. The molecule has 0 aliphatic carbocycles. The second kappa shape index (κ2) is 5.29. The quantitative estimate of drug-likeness (QED) is 0.558. The molecule has 0 aliphatic rings. The highest BCUT2D eigenvalue weighted by Crippen LogP contribution is 2.06. The van der Waals surface area contributed by atoms with Gasteiger partial charge >= 0.3 is 5.97 Å². The molecule has 1 aromatic rings. The van der Waals surface area contributed by atoms with Gasteiger partial charge in [-0.15, -0.1) is 0 Å². The SMILES string of the molecule is C[CH]C(=O)OC(C)C(=O)c1ccccc1. The first-order valence-corrected chi connectivity index (χ1v) is 4.74. The summed E-state index contributed by atoms with van der Waals surface area (Å²) in [4.78, 5) is 22.6. The first-order chi connectivity index (χ1) is 7.15. The third kappa shape index (κ3) is 3.20. The van der Waals surface area contributed by atoms with Crippen LogP contribution >= 0.6 is 0 Å². The van der Waals surface area contributed by atoms with Gasteiger partial charge in [0.25, 0.3) is 0 Å². The maximum Gasteiger partial charge on any atom is 0.310 e. The van der Waals surface area contributed by atoms with Crippen LogP contribution < -0.4 is 0 Å². The van der Waals surface area contributed by atoms with Crippen LogP contribution in [0.2, 0.25) is 0 Å². The molecule has 0 fully saturated rings. The highest BCUT2D eigenvalue weighted by atomic mass is 16.5. The summed E-state index contributed by atoms with van der Waals surface area (Å²) in [6.07, 6.45) is 0.547. The van der Waals surface area contributed by atoms with Crippen LogP contribution in [0.25, 0.3) is 0 Å². The molecule has 0 spiro atoms. The molecule has 0 saturated heterocycles. The molecule has 1 unspecified atom stereocenters. The van der Waals surface area contributed by atoms with Gasteiger partial charge in [-0.2, -0.15) is 0 Å². The zero-order valence-corrected chi connectivity index (χ0v) is 8.77. The zero-order chi connectivity index (χ0) is 11.3. The second-order valence-electron chi connectivity index (χ2n) is 3.10. The molecule has 15 heavy (non-hydrogen) atoms. The van der Waals surface area contributed by atoms with Crippen molar-refractivity contribution in [3.8, 4) is 0 Å². The Morgan fingerprint density at radius 2 is 1.87 bits per heavy atom. The van der Waals surface area contributed by atoms with Crippen molar-refractivity contribution in [3.05, 3.63) is 42.3 Å². The molecule has 0 amide bonds. The van der Waals surface area contributed by atoms with Crippen LogP contribution in [0.4, 0.5) is 0 Å². The topological polar surface area (TPSA) is 43.4 Å². The Balaban J connectivity index is 2.65. The Morgan fingerprint density at radius 3 is 2.40 bits per heavy atom. The predicted octanol–water partition coefficient (Wildman–Crippen LogP) is 2.03. The first-order valence-electron chi connectivity index (χ1n) is 4.74. The van der Waals surface area contributed by atoms with Crippen LogP contribution in [0, 0.1) is 6.42 Å². The van der Waals surface area contributed by atoms with E-state index in [2.05, 4.69) is 0 Å². The summed E-state index contributed by atoms with van der Waals surface area (Å²) < 4.78 is 4.87. The Hall–Kier alpha value is -1.64. The van der Waals surface area contributed by atoms with Gasteiger partial charge in [0, 0.05) is 5.56 Å². The molecule has 1 atom stereocenters. The maximum absolute atomic E-state index is 11.7. The van der Waals surface area contributed by atoms with Gasteiger partial charge in [-0.3, -0.25) is 9.59 Å². The van der Waals surface area contributed by atoms with E-state index in [0.717, 1.165) is 0 Å². The lowest BCUT2D eigenvalue weighted by Crippen LogP contribution is -2.24. The molecule has 79 valence electrons. The molecule has 0 aromatic heterocycles. The van der Waals surface area contributed by atoms with Gasteiger partial charge in [0.05, 0.1) is 6.42 Å². The number of esters is 1. The largest absolute Gasteiger partial charge is 0.454 e. The normalized spacial score (nSPS) is 11.9. The molecular weight excluding hydrogens is 192 g/mol. The number of carbonyl (C=O) groups excluding carboxylic acids is 2. The molecule has 1 rings (SSSR count). The highest BCUT2D eigenvalue weighted by Gasteiger charge is 2.18. The Kier molecular flexibility index (Phi) is 4.03. The summed E-state index contributed by atoms with van der Waals surface area (Å²) in [6, 6.07) is 8.76. The number of rotatable bonds is 4. The van der Waals surface area contributed by atoms with Gasteiger partial charge in [0.2, 0.25) is 5.78 Å². The average Bonchev–Trinajstić information content (AvgIpc) is 2.29. The number of hydrogen-bond acceptors (Lipinski definition) is 3. The molecule has 0 heterocycles. The smallest absolute Gasteiger partial charge is 0.310 e. The minimum Gasteiger partial charge on any atom is -0.454 e. The highest BCUT2D eigenvalue weighted by molar-refractivity contribution is 6.00. The van der Waals surface area contributed by atoms with Crippen molar-refractivity contribution >= 4 is 11.8 Å². The van der Waals surface area contributed by atoms with E-state index < -0.39 is 12.1 Å². The van der Waals surface area contributed by atoms with Crippen LogP contribution in [-0.4, -0.2) is 17.9 Å². The van der Waals surface area contributed by atoms with Crippen molar-refractivity contribution < 1.29 is 14.3 Å². The van der Waals surface area contributed by atoms with E-state index in [1.807, 2.05) is 6.07 Å². The Labute approximate surface area is 89.1 Å². The summed E-state index contributed by atoms with van der Waals surface area (Å²) >= 11 is 0. The van der Waals surface area contributed by atoms with E-state index in [1.54, 1.807) is 38.1 Å². The van der Waals surface area contributed by atoms with Gasteiger partial charge in [0.1, 0.15) is 0 Å². The molecule has 3 heteroatoms. The van der Waals surface area contributed by atoms with Crippen molar-refractivity contribution in [3.63, 3.8) is 0 Å². The number of ether oxygens (including phenoxy) is 1. The van der Waals surface area contributed by atoms with Crippen molar-refractivity contribution in [1.29, 1.82) is 0 Å². The number of hydrogen-bond donors (Lipinski definition) is 0. The second-order valence-corrected chi connectivity index (χ2v) is 3.10. The number of ketones is 1. The molecule has 1 radical (unpaired) electrons. The fourth-order valence-corrected chi connectivity index (χ4v) is 1.13. The number of benzene rings is 1. The summed E-state index contributed by atoms with van der Waals surface area (Å²) in [5, 5.41) is 0. The number of Topliss-reactive ketones (excluding diaryl/α,β-unsaturated/α-hetero) is 1. The zero-order valence-electron chi connectivity index (χ0n) is 8.77. The molecule has 0 bridgehead atoms. The molecular formula is C12H13O3. The lowest BCUT2D eigenvalue weighted by molar-refractivity contribution is -0.141. The Bertz CT molecular complexity index is 343. The molecule has 0 saturated carbocycles. The number of carbonyl (C=O) groups is 2. The van der Waals surface area contributed by atoms with Gasteiger partial charge < -0.3 is 4.74 Å². The van der Waals surface area contributed by atoms with E-state index in [-0.39, 0.29) is 5.78 Å². The summed E-state index contributed by atoms with van der Waals surface area (Å²) in [5.41, 5.74) is 0.550. The predicted molar refractivity (Wildman–Crippen MR) is 56.3 cm³/mol. The van der Waals surface area contributed by atoms with E-state index in [9.17, 15) is 9.59 Å². The van der Waals surface area contributed by atoms with Crippen molar-refractivity contribution in [2.45, 2.75) is 20.0 Å². The fourth-order valence-electron chi connectivity index (χ4n) is 1.13. The summed E-state index contributed by atoms with van der Waals surface area (Å²) in [5.74, 6) is -0.669. The van der Waals surface area contributed by atoms with E-state index in [4.69, 9.17) is 4.74 Å².